The van der Waals surface area contributed by atoms with Gasteiger partial charge in [0.2, 0.25) is 0 Å². The molecular formula is C20H21N3O3S. The number of carbonyl (C=O) groups excluding carboxylic acids is 1. The second kappa shape index (κ2) is 8.09. The van der Waals surface area contributed by atoms with E-state index in [1.54, 1.807) is 38.5 Å². The number of carbonyl (C=O) groups is 1. The molecule has 0 aromatic heterocycles. The van der Waals surface area contributed by atoms with E-state index in [-0.39, 0.29) is 11.9 Å². The number of rotatable bonds is 5. The number of allylic oxidation sites excluding steroid dienone is 1. The lowest BCUT2D eigenvalue weighted by Gasteiger charge is -2.30. The topological polar surface area (TPSA) is 71.6 Å². The van der Waals surface area contributed by atoms with Gasteiger partial charge >= 0.3 is 0 Å². The van der Waals surface area contributed by atoms with Crippen molar-refractivity contribution in [3.05, 3.63) is 65.4 Å². The minimum Gasteiger partial charge on any atom is -0.497 e. The van der Waals surface area contributed by atoms with Crippen LogP contribution in [0.1, 0.15) is 18.5 Å². The van der Waals surface area contributed by atoms with E-state index in [9.17, 15) is 4.79 Å². The fourth-order valence-corrected chi connectivity index (χ4v) is 3.21. The minimum atomic E-state index is -0.382. The van der Waals surface area contributed by atoms with E-state index in [0.717, 1.165) is 11.3 Å². The molecular weight excluding hydrogens is 362 g/mol. The Balaban J connectivity index is 1.91. The van der Waals surface area contributed by atoms with Crippen molar-refractivity contribution in [2.45, 2.75) is 13.0 Å². The lowest BCUT2D eigenvalue weighted by atomic mass is 9.94. The highest BCUT2D eigenvalue weighted by atomic mass is 32.1. The molecule has 1 aliphatic heterocycles. The Labute approximate surface area is 163 Å². The van der Waals surface area contributed by atoms with Crippen LogP contribution >= 0.6 is 12.2 Å². The van der Waals surface area contributed by atoms with E-state index in [4.69, 9.17) is 21.7 Å². The maximum Gasteiger partial charge on any atom is 0.255 e. The van der Waals surface area contributed by atoms with Crippen LogP contribution in [-0.2, 0) is 4.79 Å². The maximum absolute atomic E-state index is 13.0. The van der Waals surface area contributed by atoms with Gasteiger partial charge in [-0.2, -0.15) is 0 Å². The smallest absolute Gasteiger partial charge is 0.255 e. The van der Waals surface area contributed by atoms with Gasteiger partial charge in [0.1, 0.15) is 11.5 Å². The lowest BCUT2D eigenvalue weighted by molar-refractivity contribution is -0.113. The van der Waals surface area contributed by atoms with Crippen LogP contribution in [0.2, 0.25) is 0 Å². The van der Waals surface area contributed by atoms with Gasteiger partial charge in [0.15, 0.2) is 5.11 Å². The predicted octanol–water partition coefficient (Wildman–Crippen LogP) is 3.14. The first-order chi connectivity index (χ1) is 13.0. The summed E-state index contributed by atoms with van der Waals surface area (Å²) in [7, 11) is 3.21. The van der Waals surface area contributed by atoms with Gasteiger partial charge in [-0.3, -0.25) is 4.79 Å². The predicted molar refractivity (Wildman–Crippen MR) is 109 cm³/mol. The standard InChI is InChI=1S/C20H21N3O3S/c1-12-17(19(24)22-14-7-9-15(25-2)10-8-14)18(23-20(27)21-12)13-5-4-6-16(11-13)26-3/h4-11,18H,1-3H3,(H,22,24)(H2,21,23,27)/t18-/m1/s1. The molecule has 3 N–H and O–H groups in total. The van der Waals surface area contributed by atoms with Gasteiger partial charge in [-0.25, -0.2) is 0 Å². The lowest BCUT2D eigenvalue weighted by Crippen LogP contribution is -2.45. The van der Waals surface area contributed by atoms with Crippen molar-refractivity contribution >= 4 is 28.9 Å². The third kappa shape index (κ3) is 4.20. The van der Waals surface area contributed by atoms with E-state index >= 15 is 0 Å². The van der Waals surface area contributed by atoms with Gasteiger partial charge in [-0.05, 0) is 61.1 Å². The first-order valence-electron chi connectivity index (χ1n) is 8.39. The summed E-state index contributed by atoms with van der Waals surface area (Å²) in [6, 6.07) is 14.4. The van der Waals surface area contributed by atoms with Crippen LogP contribution < -0.4 is 25.4 Å². The summed E-state index contributed by atoms with van der Waals surface area (Å²) in [6.07, 6.45) is 0. The Morgan fingerprint density at radius 1 is 1.07 bits per heavy atom. The molecule has 0 radical (unpaired) electrons. The normalized spacial score (nSPS) is 16.3. The van der Waals surface area contributed by atoms with Gasteiger partial charge in [-0.15, -0.1) is 0 Å². The summed E-state index contributed by atoms with van der Waals surface area (Å²) < 4.78 is 10.5. The largest absolute Gasteiger partial charge is 0.497 e. The zero-order chi connectivity index (χ0) is 19.4. The number of hydrogen-bond acceptors (Lipinski definition) is 4. The zero-order valence-corrected chi connectivity index (χ0v) is 16.1. The highest BCUT2D eigenvalue weighted by Gasteiger charge is 2.30. The molecule has 0 saturated carbocycles. The molecule has 27 heavy (non-hydrogen) atoms. The first kappa shape index (κ1) is 18.7. The number of amides is 1. The number of methoxy groups -OCH3 is 2. The average Bonchev–Trinajstić information content (AvgIpc) is 2.67. The molecule has 140 valence electrons. The Morgan fingerprint density at radius 3 is 2.44 bits per heavy atom. The molecule has 2 aromatic carbocycles. The van der Waals surface area contributed by atoms with E-state index in [1.165, 1.54) is 0 Å². The third-order valence-corrected chi connectivity index (χ3v) is 4.51. The van der Waals surface area contributed by atoms with Crippen LogP contribution in [0.25, 0.3) is 0 Å². The van der Waals surface area contributed by atoms with Crippen LogP contribution in [0.15, 0.2) is 59.8 Å². The van der Waals surface area contributed by atoms with Crippen molar-refractivity contribution in [1.29, 1.82) is 0 Å². The Bertz CT molecular complexity index is 894. The summed E-state index contributed by atoms with van der Waals surface area (Å²) in [5.74, 6) is 1.23. The summed E-state index contributed by atoms with van der Waals surface area (Å²) in [4.78, 5) is 13.0. The number of benzene rings is 2. The van der Waals surface area contributed by atoms with Crippen molar-refractivity contribution in [1.82, 2.24) is 10.6 Å². The van der Waals surface area contributed by atoms with Crippen LogP contribution in [0.4, 0.5) is 5.69 Å². The maximum atomic E-state index is 13.0. The number of ether oxygens (including phenoxy) is 2. The Hall–Kier alpha value is -3.06. The minimum absolute atomic E-state index is 0.215. The second-order valence-corrected chi connectivity index (χ2v) is 6.44. The molecule has 0 saturated heterocycles. The van der Waals surface area contributed by atoms with Crippen molar-refractivity contribution in [2.75, 3.05) is 19.5 Å². The van der Waals surface area contributed by atoms with E-state index in [2.05, 4.69) is 16.0 Å². The summed E-state index contributed by atoms with van der Waals surface area (Å²) in [5.41, 5.74) is 2.83. The second-order valence-electron chi connectivity index (χ2n) is 6.03. The zero-order valence-electron chi connectivity index (χ0n) is 15.3. The Morgan fingerprint density at radius 2 is 1.78 bits per heavy atom. The van der Waals surface area contributed by atoms with Gasteiger partial charge in [0.05, 0.1) is 25.8 Å². The van der Waals surface area contributed by atoms with Crippen molar-refractivity contribution in [2.24, 2.45) is 0 Å². The molecule has 0 bridgehead atoms. The average molecular weight is 383 g/mol. The molecule has 0 fully saturated rings. The number of nitrogens with one attached hydrogen (secondary N) is 3. The molecule has 7 heteroatoms. The van der Waals surface area contributed by atoms with Gasteiger partial charge < -0.3 is 25.4 Å². The molecule has 1 aliphatic rings. The van der Waals surface area contributed by atoms with Crippen LogP contribution in [-0.4, -0.2) is 25.2 Å². The molecule has 2 aromatic rings. The van der Waals surface area contributed by atoms with Crippen molar-refractivity contribution < 1.29 is 14.3 Å². The molecule has 6 nitrogen and oxygen atoms in total. The van der Waals surface area contributed by atoms with Crippen LogP contribution in [0.5, 0.6) is 11.5 Å². The monoisotopic (exact) mass is 383 g/mol. The fourth-order valence-electron chi connectivity index (χ4n) is 2.94. The quantitative estimate of drug-likeness (QED) is 0.689. The van der Waals surface area contributed by atoms with Gasteiger partial charge in [-0.1, -0.05) is 12.1 Å². The molecule has 0 spiro atoms. The third-order valence-electron chi connectivity index (χ3n) is 4.29. The van der Waals surface area contributed by atoms with Crippen molar-refractivity contribution in [3.63, 3.8) is 0 Å². The first-order valence-corrected chi connectivity index (χ1v) is 8.80. The fraction of sp³-hybridized carbons (Fsp3) is 0.200. The molecule has 1 atom stereocenters. The van der Waals surface area contributed by atoms with E-state index in [0.29, 0.717) is 27.8 Å². The van der Waals surface area contributed by atoms with Gasteiger partial charge in [0.25, 0.3) is 5.91 Å². The van der Waals surface area contributed by atoms with Gasteiger partial charge in [0, 0.05) is 11.4 Å². The SMILES string of the molecule is COc1ccc(NC(=O)C2=C(C)NC(=S)N[C@@H]2c2cccc(OC)c2)cc1. The molecule has 0 aliphatic carbocycles. The number of hydrogen-bond donors (Lipinski definition) is 3. The van der Waals surface area contributed by atoms with E-state index in [1.807, 2.05) is 31.2 Å². The van der Waals surface area contributed by atoms with Crippen LogP contribution in [0, 0.1) is 0 Å². The molecule has 1 heterocycles. The Kier molecular flexibility index (Phi) is 5.61. The summed E-state index contributed by atoms with van der Waals surface area (Å²) in [5, 5.41) is 9.61. The molecule has 0 unspecified atom stereocenters. The number of thiocarbonyl (C=S) groups is 1. The molecule has 3 rings (SSSR count). The highest BCUT2D eigenvalue weighted by Crippen LogP contribution is 2.30. The highest BCUT2D eigenvalue weighted by molar-refractivity contribution is 7.80. The van der Waals surface area contributed by atoms with Crippen LogP contribution in [0.3, 0.4) is 0 Å². The number of anilines is 1. The van der Waals surface area contributed by atoms with Crippen molar-refractivity contribution in [3.8, 4) is 11.5 Å². The summed E-state index contributed by atoms with van der Waals surface area (Å²) in [6.45, 7) is 1.84. The summed E-state index contributed by atoms with van der Waals surface area (Å²) >= 11 is 5.28. The molecule has 1 amide bonds. The van der Waals surface area contributed by atoms with E-state index < -0.39 is 0 Å².